The molecule has 1 aliphatic rings. The molecule has 0 aliphatic carbocycles. The smallest absolute Gasteiger partial charge is 0.326 e. The molecule has 3 N–H and O–H groups in total. The number of halogens is 1. The van der Waals surface area contributed by atoms with Crippen LogP contribution in [0.15, 0.2) is 52.9 Å². The van der Waals surface area contributed by atoms with E-state index in [9.17, 15) is 14.7 Å². The Morgan fingerprint density at radius 3 is 2.69 bits per heavy atom. The highest BCUT2D eigenvalue weighted by Gasteiger charge is 2.22. The first-order valence-corrected chi connectivity index (χ1v) is 13.1. The highest BCUT2D eigenvalue weighted by atomic mass is 35.5. The van der Waals surface area contributed by atoms with E-state index in [1.807, 2.05) is 19.9 Å². The first kappa shape index (κ1) is 28.4. The number of anilines is 1. The van der Waals surface area contributed by atoms with Crippen molar-refractivity contribution in [3.8, 4) is 0 Å². The fourth-order valence-corrected chi connectivity index (χ4v) is 4.21. The number of carbonyl (C=O) groups excluding carboxylic acids is 1. The molecule has 1 amide bonds. The molecule has 0 saturated carbocycles. The minimum atomic E-state index is -1.14. The number of aryl methyl sites for hydroxylation is 3. The van der Waals surface area contributed by atoms with E-state index in [1.54, 1.807) is 12.3 Å². The number of aromatic nitrogens is 2. The normalized spacial score (nSPS) is 13.4. The van der Waals surface area contributed by atoms with Crippen molar-refractivity contribution in [2.24, 2.45) is 0 Å². The molecule has 1 unspecified atom stereocenters. The number of amides is 1. The van der Waals surface area contributed by atoms with Crippen LogP contribution in [-0.2, 0) is 35.3 Å². The minimum absolute atomic E-state index is 0.0712. The van der Waals surface area contributed by atoms with E-state index in [0.717, 1.165) is 73.0 Å². The predicted octanol–water partition coefficient (Wildman–Crippen LogP) is 5.11. The molecule has 188 valence electrons. The second-order valence-corrected chi connectivity index (χ2v) is 8.91. The molecular weight excluding hydrogens is 484 g/mol. The van der Waals surface area contributed by atoms with Gasteiger partial charge in [-0.05, 0) is 60.8 Å². The zero-order chi connectivity index (χ0) is 25.6. The third-order valence-corrected chi connectivity index (χ3v) is 6.36. The van der Waals surface area contributed by atoms with Gasteiger partial charge in [0, 0.05) is 36.1 Å². The number of hydrogen-bond donors (Lipinski definition) is 3. The van der Waals surface area contributed by atoms with Crippen molar-refractivity contribution in [2.45, 2.75) is 58.4 Å². The second-order valence-electron chi connectivity index (χ2n) is 7.68. The molecule has 2 aromatic rings. The van der Waals surface area contributed by atoms with Crippen LogP contribution in [0.3, 0.4) is 0 Å². The summed E-state index contributed by atoms with van der Waals surface area (Å²) in [7, 11) is 0. The number of rotatable bonds is 11. The lowest BCUT2D eigenvalue weighted by molar-refractivity contribution is -0.141. The molecule has 7 nitrogen and oxygen atoms in total. The van der Waals surface area contributed by atoms with Crippen molar-refractivity contribution in [1.82, 2.24) is 15.3 Å². The third kappa shape index (κ3) is 9.03. The Hall–Kier alpha value is -2.84. The molecule has 3 heterocycles. The Labute approximate surface area is 216 Å². The molecule has 0 saturated heterocycles. The van der Waals surface area contributed by atoms with Crippen LogP contribution in [0.4, 0.5) is 5.82 Å². The van der Waals surface area contributed by atoms with E-state index < -0.39 is 17.9 Å². The SMILES string of the molecule is C=CS/C(=C/Cl)C(=O)NC(Cc1ccc(CCCc2ccc3c(n2)NCCC3)cn1)C(=O)O.CC. The Bertz CT molecular complexity index is 1030. The number of thioether (sulfide) groups is 1. The molecule has 2 aromatic heterocycles. The number of fused-ring (bicyclic) bond motifs is 1. The zero-order valence-electron chi connectivity index (χ0n) is 20.2. The van der Waals surface area contributed by atoms with Gasteiger partial charge in [-0.25, -0.2) is 9.78 Å². The number of hydrogen-bond acceptors (Lipinski definition) is 6. The standard InChI is InChI=1S/C24H27ClN4O3S.C2H6/c1-2-33-21(14-25)23(30)29-20(24(31)32)13-19-10-8-16(15-27-19)5-3-7-18-11-9-17-6-4-12-26-22(17)28-18;1-2/h2,8-11,14-15,20H,1,3-7,12-13H2,(H,26,28)(H,29,30)(H,31,32);1-2H3/b21-14+;. The molecule has 1 atom stereocenters. The van der Waals surface area contributed by atoms with Gasteiger partial charge in [0.05, 0.1) is 4.91 Å². The Morgan fingerprint density at radius 1 is 1.26 bits per heavy atom. The molecule has 0 aromatic carbocycles. The van der Waals surface area contributed by atoms with Crippen molar-refractivity contribution >= 4 is 41.1 Å². The second kappa shape index (κ2) is 15.2. The summed E-state index contributed by atoms with van der Waals surface area (Å²) in [5.41, 5.74) is 5.12. The van der Waals surface area contributed by atoms with Gasteiger partial charge in [-0.1, -0.05) is 55.9 Å². The van der Waals surface area contributed by atoms with E-state index in [0.29, 0.717) is 5.69 Å². The number of carboxylic acid groups (broad SMARTS) is 1. The minimum Gasteiger partial charge on any atom is -0.480 e. The van der Waals surface area contributed by atoms with Gasteiger partial charge in [0.1, 0.15) is 11.9 Å². The summed E-state index contributed by atoms with van der Waals surface area (Å²) in [5, 5.41) is 16.8. The lowest BCUT2D eigenvalue weighted by Gasteiger charge is -2.17. The van der Waals surface area contributed by atoms with E-state index >= 15 is 0 Å². The van der Waals surface area contributed by atoms with Gasteiger partial charge in [0.2, 0.25) is 0 Å². The van der Waals surface area contributed by atoms with Crippen molar-refractivity contribution < 1.29 is 14.7 Å². The number of nitrogens with zero attached hydrogens (tertiary/aromatic N) is 2. The van der Waals surface area contributed by atoms with Gasteiger partial charge in [-0.15, -0.1) is 0 Å². The van der Waals surface area contributed by atoms with Crippen molar-refractivity contribution in [3.05, 3.63) is 75.4 Å². The third-order valence-electron chi connectivity index (χ3n) is 5.29. The summed E-state index contributed by atoms with van der Waals surface area (Å²) in [6.07, 6.45) is 6.73. The monoisotopic (exact) mass is 516 g/mol. The Morgan fingerprint density at radius 2 is 2.03 bits per heavy atom. The van der Waals surface area contributed by atoms with Crippen LogP contribution in [0.2, 0.25) is 0 Å². The molecule has 1 aliphatic heterocycles. The van der Waals surface area contributed by atoms with Crippen LogP contribution in [0.5, 0.6) is 0 Å². The zero-order valence-corrected chi connectivity index (χ0v) is 21.8. The molecule has 35 heavy (non-hydrogen) atoms. The average molecular weight is 517 g/mol. The van der Waals surface area contributed by atoms with Crippen molar-refractivity contribution in [1.29, 1.82) is 0 Å². The highest BCUT2D eigenvalue weighted by Crippen LogP contribution is 2.21. The summed E-state index contributed by atoms with van der Waals surface area (Å²) < 4.78 is 0. The molecule has 9 heteroatoms. The van der Waals surface area contributed by atoms with Gasteiger partial charge in [-0.2, -0.15) is 0 Å². The number of carboxylic acids is 1. The maximum atomic E-state index is 12.2. The summed E-state index contributed by atoms with van der Waals surface area (Å²) >= 11 is 6.66. The average Bonchev–Trinajstić information content (AvgIpc) is 2.88. The molecular formula is C26H33ClN4O3S. The number of carbonyl (C=O) groups is 2. The molecule has 3 rings (SSSR count). The predicted molar refractivity (Wildman–Crippen MR) is 144 cm³/mol. The van der Waals surface area contributed by atoms with Gasteiger partial charge >= 0.3 is 5.97 Å². The highest BCUT2D eigenvalue weighted by molar-refractivity contribution is 8.06. The first-order chi connectivity index (χ1) is 17.0. The van der Waals surface area contributed by atoms with Gasteiger partial charge in [0.15, 0.2) is 0 Å². The van der Waals surface area contributed by atoms with E-state index in [-0.39, 0.29) is 11.3 Å². The van der Waals surface area contributed by atoms with Gasteiger partial charge in [-0.3, -0.25) is 9.78 Å². The quantitative estimate of drug-likeness (QED) is 0.357. The topological polar surface area (TPSA) is 104 Å². The Balaban J connectivity index is 0.00000210. The number of aliphatic carboxylic acids is 1. The van der Waals surface area contributed by atoms with Gasteiger partial charge in [0.25, 0.3) is 5.91 Å². The summed E-state index contributed by atoms with van der Waals surface area (Å²) in [6.45, 7) is 8.51. The number of pyridine rings is 2. The van der Waals surface area contributed by atoms with Crippen LogP contribution >= 0.6 is 23.4 Å². The van der Waals surface area contributed by atoms with Crippen LogP contribution < -0.4 is 10.6 Å². The van der Waals surface area contributed by atoms with Gasteiger partial charge < -0.3 is 15.7 Å². The van der Waals surface area contributed by atoms with Crippen LogP contribution in [-0.4, -0.2) is 39.5 Å². The van der Waals surface area contributed by atoms with E-state index in [1.165, 1.54) is 11.0 Å². The molecule has 0 fully saturated rings. The first-order valence-electron chi connectivity index (χ1n) is 11.8. The lowest BCUT2D eigenvalue weighted by atomic mass is 10.0. The van der Waals surface area contributed by atoms with Crippen LogP contribution in [0.1, 0.15) is 49.2 Å². The molecule has 0 radical (unpaired) electrons. The lowest BCUT2D eigenvalue weighted by Crippen LogP contribution is -2.42. The molecule has 0 bridgehead atoms. The Kier molecular flexibility index (Phi) is 12.3. The summed E-state index contributed by atoms with van der Waals surface area (Å²) in [6, 6.07) is 6.90. The largest absolute Gasteiger partial charge is 0.480 e. The summed E-state index contributed by atoms with van der Waals surface area (Å²) in [4.78, 5) is 33.1. The van der Waals surface area contributed by atoms with Crippen LogP contribution in [0, 0.1) is 0 Å². The van der Waals surface area contributed by atoms with Crippen molar-refractivity contribution in [2.75, 3.05) is 11.9 Å². The summed E-state index contributed by atoms with van der Waals surface area (Å²) in [5.74, 6) is -0.690. The fraction of sp³-hybridized carbons (Fsp3) is 0.385. The van der Waals surface area contributed by atoms with Crippen molar-refractivity contribution in [3.63, 3.8) is 0 Å². The van der Waals surface area contributed by atoms with Crippen LogP contribution in [0.25, 0.3) is 0 Å². The van der Waals surface area contributed by atoms with E-state index in [4.69, 9.17) is 16.6 Å². The maximum Gasteiger partial charge on any atom is 0.326 e. The fourth-order valence-electron chi connectivity index (χ4n) is 3.56. The van der Waals surface area contributed by atoms with E-state index in [2.05, 4.69) is 34.3 Å². The maximum absolute atomic E-state index is 12.2. The molecule has 0 spiro atoms. The number of nitrogens with one attached hydrogen (secondary N) is 2.